The summed E-state index contributed by atoms with van der Waals surface area (Å²) in [7, 11) is 1.92. The van der Waals surface area contributed by atoms with E-state index in [9.17, 15) is 4.79 Å². The first kappa shape index (κ1) is 13.4. The van der Waals surface area contributed by atoms with E-state index in [-0.39, 0.29) is 5.56 Å². The van der Waals surface area contributed by atoms with Crippen molar-refractivity contribution < 1.29 is 0 Å². The number of aryl methyl sites for hydroxylation is 2. The Morgan fingerprint density at radius 2 is 2.05 bits per heavy atom. The average molecular weight is 283 g/mol. The van der Waals surface area contributed by atoms with Gasteiger partial charge in [0.2, 0.25) is 5.95 Å². The van der Waals surface area contributed by atoms with Gasteiger partial charge in [-0.05, 0) is 26.0 Å². The molecular formula is C15H17N5O. The largest absolute Gasteiger partial charge is 0.352 e. The highest BCUT2D eigenvalue weighted by Gasteiger charge is 2.10. The summed E-state index contributed by atoms with van der Waals surface area (Å²) in [4.78, 5) is 19.2. The van der Waals surface area contributed by atoms with Crippen LogP contribution in [-0.2, 0) is 13.6 Å². The summed E-state index contributed by atoms with van der Waals surface area (Å²) >= 11 is 0. The van der Waals surface area contributed by atoms with Gasteiger partial charge in [-0.3, -0.25) is 14.5 Å². The second-order valence-corrected chi connectivity index (χ2v) is 5.06. The Kier molecular flexibility index (Phi) is 3.21. The predicted octanol–water partition coefficient (Wildman–Crippen LogP) is 1.89. The van der Waals surface area contributed by atoms with Crippen LogP contribution in [-0.4, -0.2) is 19.7 Å². The molecule has 2 aromatic heterocycles. The first-order chi connectivity index (χ1) is 10.1. The topological polar surface area (TPSA) is 75.6 Å². The molecule has 0 bridgehead atoms. The highest BCUT2D eigenvalue weighted by Crippen LogP contribution is 2.14. The van der Waals surface area contributed by atoms with Gasteiger partial charge in [0.05, 0.1) is 16.6 Å². The molecule has 0 fully saturated rings. The molecule has 0 atom stereocenters. The van der Waals surface area contributed by atoms with Crippen LogP contribution in [0.2, 0.25) is 0 Å². The molecule has 108 valence electrons. The minimum Gasteiger partial charge on any atom is -0.352 e. The fraction of sp³-hybridized carbons (Fsp3) is 0.267. The molecule has 6 heteroatoms. The van der Waals surface area contributed by atoms with Crippen molar-refractivity contribution in [1.82, 2.24) is 19.7 Å². The quantitative estimate of drug-likeness (QED) is 0.769. The van der Waals surface area contributed by atoms with E-state index >= 15 is 0 Å². The molecule has 3 aromatic rings. The molecule has 0 aliphatic heterocycles. The van der Waals surface area contributed by atoms with Crippen LogP contribution in [0.1, 0.15) is 17.0 Å². The van der Waals surface area contributed by atoms with E-state index in [0.29, 0.717) is 23.4 Å². The first-order valence-electron chi connectivity index (χ1n) is 6.78. The summed E-state index contributed by atoms with van der Waals surface area (Å²) in [5.74, 6) is 0.473. The number of nitrogens with zero attached hydrogens (tertiary/aromatic N) is 3. The Morgan fingerprint density at radius 1 is 1.29 bits per heavy atom. The third-order valence-electron chi connectivity index (χ3n) is 3.70. The van der Waals surface area contributed by atoms with Crippen molar-refractivity contribution in [2.24, 2.45) is 7.05 Å². The number of rotatable bonds is 3. The van der Waals surface area contributed by atoms with Crippen LogP contribution in [0.3, 0.4) is 0 Å². The fourth-order valence-corrected chi connectivity index (χ4v) is 2.42. The van der Waals surface area contributed by atoms with Crippen LogP contribution in [0.25, 0.3) is 10.9 Å². The lowest BCUT2D eigenvalue weighted by molar-refractivity contribution is 0.730. The number of aromatic amines is 1. The molecule has 0 amide bonds. The molecule has 0 radical (unpaired) electrons. The molecule has 0 aliphatic carbocycles. The lowest BCUT2D eigenvalue weighted by Gasteiger charge is -2.07. The molecule has 2 N–H and O–H groups in total. The van der Waals surface area contributed by atoms with Gasteiger partial charge in [-0.25, -0.2) is 4.98 Å². The lowest BCUT2D eigenvalue weighted by Crippen LogP contribution is -2.13. The zero-order valence-electron chi connectivity index (χ0n) is 12.3. The van der Waals surface area contributed by atoms with Crippen molar-refractivity contribution in [3.05, 3.63) is 51.6 Å². The smallest absolute Gasteiger partial charge is 0.260 e. The number of para-hydroxylation sites is 1. The number of anilines is 1. The maximum Gasteiger partial charge on any atom is 0.260 e. The van der Waals surface area contributed by atoms with Crippen LogP contribution in [0.5, 0.6) is 0 Å². The van der Waals surface area contributed by atoms with Gasteiger partial charge in [0.1, 0.15) is 0 Å². The Labute approximate surface area is 121 Å². The summed E-state index contributed by atoms with van der Waals surface area (Å²) in [5.41, 5.74) is 3.74. The maximum absolute atomic E-state index is 12.0. The minimum absolute atomic E-state index is 0.136. The monoisotopic (exact) mass is 283 g/mol. The fourth-order valence-electron chi connectivity index (χ4n) is 2.42. The van der Waals surface area contributed by atoms with Crippen molar-refractivity contribution in [3.63, 3.8) is 0 Å². The zero-order chi connectivity index (χ0) is 15.0. The number of nitrogens with one attached hydrogen (secondary N) is 2. The van der Waals surface area contributed by atoms with Crippen LogP contribution in [0.15, 0.2) is 29.1 Å². The predicted molar refractivity (Wildman–Crippen MR) is 82.4 cm³/mol. The second-order valence-electron chi connectivity index (χ2n) is 5.06. The van der Waals surface area contributed by atoms with Crippen molar-refractivity contribution in [1.29, 1.82) is 0 Å². The number of aromatic nitrogens is 4. The molecule has 21 heavy (non-hydrogen) atoms. The van der Waals surface area contributed by atoms with Crippen LogP contribution in [0.4, 0.5) is 5.95 Å². The van der Waals surface area contributed by atoms with Gasteiger partial charge in [-0.2, -0.15) is 5.10 Å². The maximum atomic E-state index is 12.0. The molecule has 0 spiro atoms. The van der Waals surface area contributed by atoms with Crippen molar-refractivity contribution >= 4 is 16.9 Å². The minimum atomic E-state index is -0.136. The summed E-state index contributed by atoms with van der Waals surface area (Å²) in [6.07, 6.45) is 0. The number of H-pyrrole nitrogens is 1. The van der Waals surface area contributed by atoms with Crippen molar-refractivity contribution in [2.45, 2.75) is 20.4 Å². The summed E-state index contributed by atoms with van der Waals surface area (Å²) < 4.78 is 1.85. The van der Waals surface area contributed by atoms with E-state index in [1.807, 2.05) is 43.8 Å². The Hall–Kier alpha value is -2.63. The molecule has 1 aromatic carbocycles. The molecule has 0 aliphatic rings. The summed E-state index contributed by atoms with van der Waals surface area (Å²) in [6.45, 7) is 4.57. The Morgan fingerprint density at radius 3 is 2.76 bits per heavy atom. The molecule has 3 rings (SSSR count). The molecular weight excluding hydrogens is 266 g/mol. The van der Waals surface area contributed by atoms with E-state index < -0.39 is 0 Å². The van der Waals surface area contributed by atoms with Gasteiger partial charge in [-0.15, -0.1) is 0 Å². The number of hydrogen-bond acceptors (Lipinski definition) is 4. The SMILES string of the molecule is Cc1nn(C)c(C)c1CNc1nc2ccccc2c(=O)[nH]1. The van der Waals surface area contributed by atoms with Crippen LogP contribution < -0.4 is 10.9 Å². The van der Waals surface area contributed by atoms with Gasteiger partial charge in [0.15, 0.2) is 0 Å². The first-order valence-corrected chi connectivity index (χ1v) is 6.78. The standard InChI is InChI=1S/C15H17N5O/c1-9-12(10(2)20(3)19-9)8-16-15-17-13-7-5-4-6-11(13)14(21)18-15/h4-7H,8H2,1-3H3,(H2,16,17,18,21). The number of fused-ring (bicyclic) bond motifs is 1. The van der Waals surface area contributed by atoms with E-state index in [4.69, 9.17) is 0 Å². The van der Waals surface area contributed by atoms with E-state index in [1.165, 1.54) is 0 Å². The Bertz CT molecular complexity index is 862. The van der Waals surface area contributed by atoms with Crippen molar-refractivity contribution in [3.8, 4) is 0 Å². The zero-order valence-corrected chi connectivity index (χ0v) is 12.3. The van der Waals surface area contributed by atoms with Gasteiger partial charge in [0.25, 0.3) is 5.56 Å². The third kappa shape index (κ3) is 2.40. The summed E-state index contributed by atoms with van der Waals surface area (Å²) in [5, 5.41) is 8.14. The van der Waals surface area contributed by atoms with E-state index in [1.54, 1.807) is 6.07 Å². The Balaban J connectivity index is 1.90. The molecule has 0 saturated heterocycles. The van der Waals surface area contributed by atoms with E-state index in [2.05, 4.69) is 20.4 Å². The van der Waals surface area contributed by atoms with Crippen LogP contribution >= 0.6 is 0 Å². The van der Waals surface area contributed by atoms with Gasteiger partial charge in [0, 0.05) is 24.8 Å². The van der Waals surface area contributed by atoms with Gasteiger partial charge >= 0.3 is 0 Å². The average Bonchev–Trinajstić information content (AvgIpc) is 2.70. The normalized spacial score (nSPS) is 11.0. The molecule has 6 nitrogen and oxygen atoms in total. The lowest BCUT2D eigenvalue weighted by atomic mass is 10.2. The van der Waals surface area contributed by atoms with Crippen LogP contribution in [0, 0.1) is 13.8 Å². The highest BCUT2D eigenvalue weighted by molar-refractivity contribution is 5.78. The van der Waals surface area contributed by atoms with Gasteiger partial charge in [-0.1, -0.05) is 12.1 Å². The van der Waals surface area contributed by atoms with Gasteiger partial charge < -0.3 is 5.32 Å². The third-order valence-corrected chi connectivity index (χ3v) is 3.70. The van der Waals surface area contributed by atoms with Crippen molar-refractivity contribution in [2.75, 3.05) is 5.32 Å². The molecule has 0 unspecified atom stereocenters. The number of hydrogen-bond donors (Lipinski definition) is 2. The second kappa shape index (κ2) is 5.05. The molecule has 2 heterocycles. The molecule has 0 saturated carbocycles. The number of benzene rings is 1. The highest BCUT2D eigenvalue weighted by atomic mass is 16.1. The summed E-state index contributed by atoms with van der Waals surface area (Å²) in [6, 6.07) is 7.29. The van der Waals surface area contributed by atoms with E-state index in [0.717, 1.165) is 17.0 Å².